The smallest absolute Gasteiger partial charge is 0.308 e. The summed E-state index contributed by atoms with van der Waals surface area (Å²) >= 11 is 1.64. The second-order valence-electron chi connectivity index (χ2n) is 10.7. The number of aromatic nitrogens is 2. The summed E-state index contributed by atoms with van der Waals surface area (Å²) in [6.45, 7) is 11.2. The Morgan fingerprint density at radius 3 is 2.14 bits per heavy atom. The van der Waals surface area contributed by atoms with Gasteiger partial charge in [0.1, 0.15) is 11.8 Å². The van der Waals surface area contributed by atoms with Crippen LogP contribution in [0.25, 0.3) is 21.6 Å². The molecule has 4 aromatic rings. The van der Waals surface area contributed by atoms with Gasteiger partial charge in [-0.05, 0) is 89.1 Å². The van der Waals surface area contributed by atoms with E-state index in [-0.39, 0.29) is 35.2 Å². The number of ether oxygens (including phenoxy) is 2. The van der Waals surface area contributed by atoms with Crippen molar-refractivity contribution >= 4 is 38.4 Å². The van der Waals surface area contributed by atoms with Crippen LogP contribution in [0.5, 0.6) is 5.88 Å². The van der Waals surface area contributed by atoms with E-state index in [1.165, 1.54) is 31.2 Å². The Kier molecular flexibility index (Phi) is 12.5. The second-order valence-corrected chi connectivity index (χ2v) is 13.3. The van der Waals surface area contributed by atoms with Crippen LogP contribution in [0.2, 0.25) is 0 Å². The van der Waals surface area contributed by atoms with Crippen molar-refractivity contribution in [1.29, 1.82) is 0 Å². The monoisotopic (exact) mass is 615 g/mol. The molecule has 1 saturated carbocycles. The number of para-hydroxylation sites is 2. The Hall–Kier alpha value is -3.28. The lowest BCUT2D eigenvalue weighted by atomic mass is 10.2. The SMILES string of the molecule is CC(C)C(=O)OC1CCCC1.CC(C)NS(=O)(=O)c1ccco1.CC(C)Oc1nc2ccccc2nc1-c1cccs1. The first-order chi connectivity index (χ1) is 20.0. The molecule has 228 valence electrons. The number of benzene rings is 1. The molecule has 0 radical (unpaired) electrons. The minimum atomic E-state index is -3.43. The van der Waals surface area contributed by atoms with Gasteiger partial charge >= 0.3 is 5.97 Å². The third-order valence-corrected chi connectivity index (χ3v) is 8.27. The molecule has 1 N–H and O–H groups in total. The summed E-state index contributed by atoms with van der Waals surface area (Å²) < 4.78 is 40.8. The van der Waals surface area contributed by atoms with Crippen LogP contribution in [-0.2, 0) is 19.6 Å². The van der Waals surface area contributed by atoms with Crippen LogP contribution in [0.1, 0.15) is 67.2 Å². The van der Waals surface area contributed by atoms with Crippen molar-refractivity contribution in [3.63, 3.8) is 0 Å². The fraction of sp³-hybridized carbons (Fsp3) is 0.452. The van der Waals surface area contributed by atoms with Crippen molar-refractivity contribution in [1.82, 2.24) is 14.7 Å². The van der Waals surface area contributed by atoms with E-state index in [2.05, 4.69) is 9.71 Å². The van der Waals surface area contributed by atoms with Crippen molar-refractivity contribution in [3.8, 4) is 16.5 Å². The number of nitrogens with one attached hydrogen (secondary N) is 1. The van der Waals surface area contributed by atoms with Gasteiger partial charge in [-0.25, -0.2) is 23.1 Å². The number of carbonyl (C=O) groups is 1. The Bertz CT molecular complexity index is 1480. The molecule has 1 aromatic carbocycles. The molecule has 0 atom stereocenters. The van der Waals surface area contributed by atoms with Gasteiger partial charge < -0.3 is 13.9 Å². The summed E-state index contributed by atoms with van der Waals surface area (Å²) in [6, 6.07) is 14.7. The predicted molar refractivity (Wildman–Crippen MR) is 166 cm³/mol. The van der Waals surface area contributed by atoms with Crippen molar-refractivity contribution in [2.24, 2.45) is 5.92 Å². The third kappa shape index (κ3) is 10.2. The molecule has 1 fully saturated rings. The van der Waals surface area contributed by atoms with Gasteiger partial charge in [-0.1, -0.05) is 32.0 Å². The highest BCUT2D eigenvalue weighted by atomic mass is 32.2. The van der Waals surface area contributed by atoms with E-state index in [0.717, 1.165) is 34.4 Å². The molecule has 9 nitrogen and oxygen atoms in total. The number of hydrogen-bond acceptors (Lipinski definition) is 9. The number of sulfonamides is 1. The number of nitrogens with zero attached hydrogens (tertiary/aromatic N) is 2. The highest BCUT2D eigenvalue weighted by Gasteiger charge is 2.20. The van der Waals surface area contributed by atoms with E-state index in [9.17, 15) is 13.2 Å². The van der Waals surface area contributed by atoms with E-state index < -0.39 is 10.0 Å². The van der Waals surface area contributed by atoms with Gasteiger partial charge in [-0.2, -0.15) is 0 Å². The minimum absolute atomic E-state index is 0.0237. The highest BCUT2D eigenvalue weighted by molar-refractivity contribution is 7.89. The Morgan fingerprint density at radius 2 is 1.62 bits per heavy atom. The standard InChI is InChI=1S/C15H14N2OS.C9H16O2.C7H11NO3S/c1-10(2)18-15-14(13-8-5-9-19-13)16-11-6-3-4-7-12(11)17-15;1-7(2)9(10)11-8-5-3-4-6-8;1-6(2)8-12(9,10)7-4-3-5-11-7/h3-10H,1-2H3;7-8H,3-6H2,1-2H3;3-6,8H,1-2H3. The quantitative estimate of drug-likeness (QED) is 0.206. The summed E-state index contributed by atoms with van der Waals surface area (Å²) in [5, 5.41) is 1.99. The van der Waals surface area contributed by atoms with E-state index in [0.29, 0.717) is 5.88 Å². The van der Waals surface area contributed by atoms with Crippen molar-refractivity contribution < 1.29 is 27.1 Å². The lowest BCUT2D eigenvalue weighted by molar-refractivity contribution is -0.152. The third-order valence-electron chi connectivity index (χ3n) is 5.85. The van der Waals surface area contributed by atoms with Gasteiger partial charge in [0.25, 0.3) is 10.0 Å². The van der Waals surface area contributed by atoms with E-state index in [1.54, 1.807) is 25.2 Å². The Morgan fingerprint density at radius 1 is 0.952 bits per heavy atom. The highest BCUT2D eigenvalue weighted by Crippen LogP contribution is 2.32. The van der Waals surface area contributed by atoms with Gasteiger partial charge in [-0.3, -0.25) is 4.79 Å². The zero-order chi connectivity index (χ0) is 30.7. The van der Waals surface area contributed by atoms with Gasteiger partial charge in [0.15, 0.2) is 0 Å². The molecule has 0 unspecified atom stereocenters. The fourth-order valence-corrected chi connectivity index (χ4v) is 5.84. The van der Waals surface area contributed by atoms with Crippen LogP contribution in [0, 0.1) is 5.92 Å². The number of hydrogen-bond donors (Lipinski definition) is 1. The zero-order valence-electron chi connectivity index (χ0n) is 25.1. The first-order valence-electron chi connectivity index (χ1n) is 14.2. The second kappa shape index (κ2) is 15.8. The summed E-state index contributed by atoms with van der Waals surface area (Å²) in [5.74, 6) is 0.587. The average molecular weight is 616 g/mol. The van der Waals surface area contributed by atoms with Crippen LogP contribution in [-0.4, -0.2) is 42.6 Å². The molecule has 1 aliphatic rings. The number of carbonyl (C=O) groups excluding carboxylic acids is 1. The molecule has 42 heavy (non-hydrogen) atoms. The van der Waals surface area contributed by atoms with Crippen LogP contribution < -0.4 is 9.46 Å². The fourth-order valence-electron chi connectivity index (χ4n) is 3.95. The molecular formula is C31H41N3O6S2. The summed E-state index contributed by atoms with van der Waals surface area (Å²) in [4.78, 5) is 21.4. The first-order valence-corrected chi connectivity index (χ1v) is 16.6. The maximum absolute atomic E-state index is 11.3. The number of furan rings is 1. The lowest BCUT2D eigenvalue weighted by Crippen LogP contribution is -2.29. The van der Waals surface area contributed by atoms with Crippen LogP contribution in [0.3, 0.4) is 0 Å². The molecule has 3 aromatic heterocycles. The molecule has 0 saturated heterocycles. The number of thiophene rings is 1. The van der Waals surface area contributed by atoms with Crippen LogP contribution in [0.15, 0.2) is 69.7 Å². The maximum atomic E-state index is 11.3. The van der Waals surface area contributed by atoms with Gasteiger partial charge in [0.2, 0.25) is 11.0 Å². The summed E-state index contributed by atoms with van der Waals surface area (Å²) in [5.41, 5.74) is 2.57. The molecule has 5 rings (SSSR count). The molecule has 11 heteroatoms. The largest absolute Gasteiger partial charge is 0.473 e. The van der Waals surface area contributed by atoms with Gasteiger partial charge in [0.05, 0.1) is 34.2 Å². The number of fused-ring (bicyclic) bond motifs is 1. The van der Waals surface area contributed by atoms with E-state index >= 15 is 0 Å². The molecule has 0 spiro atoms. The Balaban J connectivity index is 0.000000183. The topological polar surface area (TPSA) is 121 Å². The Labute approximate surface area is 252 Å². The molecule has 0 aliphatic heterocycles. The minimum Gasteiger partial charge on any atom is -0.473 e. The molecule has 3 heterocycles. The first kappa shape index (κ1) is 33.2. The van der Waals surface area contributed by atoms with Crippen molar-refractivity contribution in [3.05, 3.63) is 60.2 Å². The average Bonchev–Trinajstić information content (AvgIpc) is 3.72. The molecule has 0 bridgehead atoms. The van der Waals surface area contributed by atoms with Gasteiger partial charge in [-0.15, -0.1) is 11.3 Å². The van der Waals surface area contributed by atoms with Gasteiger partial charge in [0, 0.05) is 6.04 Å². The molecule has 0 amide bonds. The summed E-state index contributed by atoms with van der Waals surface area (Å²) in [6.07, 6.45) is 6.21. The maximum Gasteiger partial charge on any atom is 0.308 e. The van der Waals surface area contributed by atoms with Crippen molar-refractivity contribution in [2.75, 3.05) is 0 Å². The molecular weight excluding hydrogens is 574 g/mol. The predicted octanol–water partition coefficient (Wildman–Crippen LogP) is 7.24. The zero-order valence-corrected chi connectivity index (χ0v) is 26.7. The van der Waals surface area contributed by atoms with Crippen LogP contribution >= 0.6 is 11.3 Å². The lowest BCUT2D eigenvalue weighted by Gasteiger charge is -2.12. The van der Waals surface area contributed by atoms with E-state index in [1.807, 2.05) is 69.5 Å². The van der Waals surface area contributed by atoms with E-state index in [4.69, 9.17) is 18.9 Å². The number of esters is 1. The summed E-state index contributed by atoms with van der Waals surface area (Å²) in [7, 11) is -3.43. The normalized spacial score (nSPS) is 13.5. The number of rotatable bonds is 8. The van der Waals surface area contributed by atoms with Crippen molar-refractivity contribution in [2.45, 2.75) is 90.6 Å². The van der Waals surface area contributed by atoms with Crippen LogP contribution in [0.4, 0.5) is 0 Å². The molecule has 1 aliphatic carbocycles.